The minimum atomic E-state index is -1.08. The summed E-state index contributed by atoms with van der Waals surface area (Å²) in [5.41, 5.74) is 0.783. The Bertz CT molecular complexity index is 1170. The summed E-state index contributed by atoms with van der Waals surface area (Å²) in [6, 6.07) is 15.4. The molecule has 0 saturated carbocycles. The summed E-state index contributed by atoms with van der Waals surface area (Å²) in [6.45, 7) is 0. The number of nitrogens with zero attached hydrogens (tertiary/aromatic N) is 4. The maximum Gasteiger partial charge on any atom is 0.274 e. The highest BCUT2D eigenvalue weighted by Gasteiger charge is 2.20. The van der Waals surface area contributed by atoms with Gasteiger partial charge < -0.3 is 9.73 Å². The van der Waals surface area contributed by atoms with Crippen molar-refractivity contribution in [2.45, 2.75) is 0 Å². The monoisotopic (exact) mass is 393 g/mol. The molecule has 9 heteroatoms. The minimum absolute atomic E-state index is 0.0218. The van der Waals surface area contributed by atoms with Gasteiger partial charge in [-0.05, 0) is 34.7 Å². The van der Waals surface area contributed by atoms with E-state index in [0.717, 1.165) is 12.1 Å². The van der Waals surface area contributed by atoms with Gasteiger partial charge in [0.25, 0.3) is 5.91 Å². The van der Waals surface area contributed by atoms with E-state index in [4.69, 9.17) is 4.42 Å². The van der Waals surface area contributed by atoms with Crippen molar-refractivity contribution in [3.8, 4) is 11.4 Å². The third-order valence-electron chi connectivity index (χ3n) is 3.96. The van der Waals surface area contributed by atoms with Crippen molar-refractivity contribution in [2.75, 3.05) is 5.32 Å². The summed E-state index contributed by atoms with van der Waals surface area (Å²) < 4.78 is 33.2. The highest BCUT2D eigenvalue weighted by Crippen LogP contribution is 2.22. The number of hydrogen-bond donors (Lipinski definition) is 1. The molecule has 0 aliphatic carbocycles. The summed E-state index contributed by atoms with van der Waals surface area (Å²) in [5, 5.41) is 14.1. The molecule has 0 atom stereocenters. The molecular formula is C20H13F2N5O2. The van der Waals surface area contributed by atoms with Crippen molar-refractivity contribution in [1.29, 1.82) is 0 Å². The van der Waals surface area contributed by atoms with Crippen LogP contribution in [0.15, 0.2) is 71.3 Å². The number of hydrogen-bond acceptors (Lipinski definition) is 5. The van der Waals surface area contributed by atoms with E-state index < -0.39 is 17.5 Å². The van der Waals surface area contributed by atoms with Gasteiger partial charge in [0.15, 0.2) is 17.5 Å². The van der Waals surface area contributed by atoms with Crippen LogP contribution in [0.3, 0.4) is 0 Å². The minimum Gasteiger partial charge on any atom is -0.465 e. The second-order valence-corrected chi connectivity index (χ2v) is 5.91. The number of furan rings is 1. The first-order chi connectivity index (χ1) is 14.1. The molecule has 7 nitrogen and oxygen atoms in total. The van der Waals surface area contributed by atoms with Crippen LogP contribution >= 0.6 is 0 Å². The highest BCUT2D eigenvalue weighted by molar-refractivity contribution is 6.24. The average molecular weight is 393 g/mol. The molecule has 2 aromatic carbocycles. The number of anilines is 1. The Balaban J connectivity index is 1.75. The van der Waals surface area contributed by atoms with E-state index in [2.05, 4.69) is 20.8 Å². The lowest BCUT2D eigenvalue weighted by Gasteiger charge is -2.10. The molecule has 2 heterocycles. The summed E-state index contributed by atoms with van der Waals surface area (Å²) >= 11 is 0. The van der Waals surface area contributed by atoms with Gasteiger partial charge in [-0.25, -0.2) is 8.78 Å². The number of rotatable bonds is 5. The lowest BCUT2D eigenvalue weighted by atomic mass is 10.2. The van der Waals surface area contributed by atoms with E-state index in [1.165, 1.54) is 23.1 Å². The molecule has 2 aromatic heterocycles. The Morgan fingerprint density at radius 1 is 1.03 bits per heavy atom. The van der Waals surface area contributed by atoms with E-state index >= 15 is 0 Å². The second kappa shape index (κ2) is 7.85. The van der Waals surface area contributed by atoms with Crippen LogP contribution in [-0.4, -0.2) is 26.1 Å². The Kier molecular flexibility index (Phi) is 4.93. The van der Waals surface area contributed by atoms with Crippen LogP contribution in [-0.2, 0) is 4.79 Å². The summed E-state index contributed by atoms with van der Waals surface area (Å²) in [6.07, 6.45) is 2.90. The fourth-order valence-corrected chi connectivity index (χ4v) is 2.62. The number of carbonyl (C=O) groups is 1. The van der Waals surface area contributed by atoms with Crippen LogP contribution in [0.25, 0.3) is 23.2 Å². The van der Waals surface area contributed by atoms with E-state index in [0.29, 0.717) is 17.1 Å². The van der Waals surface area contributed by atoms with Crippen LogP contribution < -0.4 is 5.32 Å². The predicted octanol–water partition coefficient (Wildman–Crippen LogP) is 3.85. The number of halogens is 2. The SMILES string of the molecule is O=C(Nc1ccc(F)c(F)c1)/C(=C\c1ccco1)n1nnnc1-c1ccccc1. The first-order valence-electron chi connectivity index (χ1n) is 8.47. The van der Waals surface area contributed by atoms with Crippen LogP contribution in [0.2, 0.25) is 0 Å². The van der Waals surface area contributed by atoms with Crippen molar-refractivity contribution in [3.63, 3.8) is 0 Å². The molecule has 0 bridgehead atoms. The van der Waals surface area contributed by atoms with E-state index in [9.17, 15) is 13.6 Å². The van der Waals surface area contributed by atoms with Gasteiger partial charge in [-0.1, -0.05) is 30.3 Å². The molecule has 1 amide bonds. The lowest BCUT2D eigenvalue weighted by molar-refractivity contribution is -0.111. The molecule has 144 valence electrons. The molecule has 4 rings (SSSR count). The Morgan fingerprint density at radius 2 is 1.86 bits per heavy atom. The highest BCUT2D eigenvalue weighted by atomic mass is 19.2. The van der Waals surface area contributed by atoms with E-state index in [1.807, 2.05) is 18.2 Å². The summed E-state index contributed by atoms with van der Waals surface area (Å²) in [5.74, 6) is -2.02. The van der Waals surface area contributed by atoms with Gasteiger partial charge in [-0.15, -0.1) is 5.10 Å². The number of amides is 1. The van der Waals surface area contributed by atoms with Gasteiger partial charge in [-0.3, -0.25) is 4.79 Å². The molecule has 4 aromatic rings. The van der Waals surface area contributed by atoms with Crippen LogP contribution in [0.4, 0.5) is 14.5 Å². The number of carbonyl (C=O) groups excluding carboxylic acids is 1. The second-order valence-electron chi connectivity index (χ2n) is 5.91. The largest absolute Gasteiger partial charge is 0.465 e. The number of nitrogens with one attached hydrogen (secondary N) is 1. The first kappa shape index (κ1) is 18.2. The van der Waals surface area contributed by atoms with Crippen LogP contribution in [0.1, 0.15) is 5.76 Å². The number of benzene rings is 2. The average Bonchev–Trinajstić information content (AvgIpc) is 3.41. The molecule has 0 aliphatic rings. The third-order valence-corrected chi connectivity index (χ3v) is 3.96. The van der Waals surface area contributed by atoms with Crippen molar-refractivity contribution in [2.24, 2.45) is 0 Å². The molecule has 29 heavy (non-hydrogen) atoms. The van der Waals surface area contributed by atoms with E-state index in [-0.39, 0.29) is 11.4 Å². The molecule has 0 unspecified atom stereocenters. The maximum absolute atomic E-state index is 13.5. The maximum atomic E-state index is 13.5. The smallest absolute Gasteiger partial charge is 0.274 e. The van der Waals surface area contributed by atoms with Gasteiger partial charge >= 0.3 is 0 Å². The zero-order chi connectivity index (χ0) is 20.2. The zero-order valence-electron chi connectivity index (χ0n) is 14.8. The van der Waals surface area contributed by atoms with Crippen molar-refractivity contribution < 1.29 is 18.0 Å². The van der Waals surface area contributed by atoms with Gasteiger partial charge in [0.2, 0.25) is 0 Å². The molecule has 1 N–H and O–H groups in total. The molecular weight excluding hydrogens is 380 g/mol. The molecule has 0 radical (unpaired) electrons. The zero-order valence-corrected chi connectivity index (χ0v) is 14.8. The van der Waals surface area contributed by atoms with Gasteiger partial charge in [0.05, 0.1) is 6.26 Å². The standard InChI is InChI=1S/C20H13F2N5O2/c21-16-9-8-14(11-17(16)22)23-20(28)18(12-15-7-4-10-29-15)27-19(24-25-26-27)13-5-2-1-3-6-13/h1-12H,(H,23,28)/b18-12+. The Labute approximate surface area is 163 Å². The van der Waals surface area contributed by atoms with Gasteiger partial charge in [0, 0.05) is 23.4 Å². The molecule has 0 spiro atoms. The third kappa shape index (κ3) is 3.93. The van der Waals surface area contributed by atoms with Crippen molar-refractivity contribution >= 4 is 23.4 Å². The number of aromatic nitrogens is 4. The van der Waals surface area contributed by atoms with E-state index in [1.54, 1.807) is 24.3 Å². The molecule has 0 fully saturated rings. The predicted molar refractivity (Wildman–Crippen MR) is 101 cm³/mol. The van der Waals surface area contributed by atoms with Crippen LogP contribution in [0, 0.1) is 11.6 Å². The quantitative estimate of drug-likeness (QED) is 0.521. The fourth-order valence-electron chi connectivity index (χ4n) is 2.62. The van der Waals surface area contributed by atoms with Gasteiger partial charge in [-0.2, -0.15) is 4.68 Å². The summed E-state index contributed by atoms with van der Waals surface area (Å²) in [7, 11) is 0. The first-order valence-corrected chi connectivity index (χ1v) is 8.47. The Hall–Kier alpha value is -4.14. The van der Waals surface area contributed by atoms with Crippen molar-refractivity contribution in [3.05, 3.63) is 84.3 Å². The topological polar surface area (TPSA) is 85.8 Å². The normalized spacial score (nSPS) is 11.4. The molecule has 0 saturated heterocycles. The van der Waals surface area contributed by atoms with Crippen molar-refractivity contribution in [1.82, 2.24) is 20.2 Å². The van der Waals surface area contributed by atoms with Crippen LogP contribution in [0.5, 0.6) is 0 Å². The Morgan fingerprint density at radius 3 is 2.59 bits per heavy atom. The number of tetrazole rings is 1. The summed E-state index contributed by atoms with van der Waals surface area (Å²) in [4.78, 5) is 13.0. The fraction of sp³-hybridized carbons (Fsp3) is 0. The lowest BCUT2D eigenvalue weighted by Crippen LogP contribution is -2.19. The van der Waals surface area contributed by atoms with Gasteiger partial charge in [0.1, 0.15) is 11.5 Å². The molecule has 0 aliphatic heterocycles.